The Bertz CT molecular complexity index is 645. The number of ether oxygens (including phenoxy) is 3. The highest BCUT2D eigenvalue weighted by Gasteiger charge is 2.42. The maximum absolute atomic E-state index is 12.4. The van der Waals surface area contributed by atoms with E-state index in [2.05, 4.69) is 11.8 Å². The molecule has 0 bridgehead atoms. The number of hydrogen-bond donors (Lipinski definition) is 1. The number of methoxy groups -OCH3 is 1. The molecule has 1 aliphatic carbocycles. The number of thiophene rings is 1. The Morgan fingerprint density at radius 1 is 1.33 bits per heavy atom. The van der Waals surface area contributed by atoms with Crippen LogP contribution in [0.4, 0.5) is 5.00 Å². The maximum Gasteiger partial charge on any atom is 0.339 e. The van der Waals surface area contributed by atoms with Gasteiger partial charge in [-0.25, -0.2) is 4.79 Å². The first-order valence-electron chi connectivity index (χ1n) is 10.0. The molecule has 0 aromatic carbocycles. The van der Waals surface area contributed by atoms with Gasteiger partial charge in [0.1, 0.15) is 0 Å². The molecule has 7 heteroatoms. The third-order valence-corrected chi connectivity index (χ3v) is 7.15. The Balaban J connectivity index is 1.82. The Labute approximate surface area is 166 Å². The van der Waals surface area contributed by atoms with E-state index in [1.165, 1.54) is 12.1 Å². The minimum Gasteiger partial charge on any atom is -0.465 e. The van der Waals surface area contributed by atoms with Crippen LogP contribution in [0.25, 0.3) is 0 Å². The molecule has 6 nitrogen and oxygen atoms in total. The summed E-state index contributed by atoms with van der Waals surface area (Å²) in [5.74, 6) is -0.586. The van der Waals surface area contributed by atoms with Crippen molar-refractivity contribution < 1.29 is 19.0 Å². The topological polar surface area (TPSA) is 74.0 Å². The summed E-state index contributed by atoms with van der Waals surface area (Å²) in [4.78, 5) is 15.9. The molecule has 1 saturated heterocycles. The van der Waals surface area contributed by atoms with Gasteiger partial charge in [-0.2, -0.15) is 0 Å². The molecule has 1 aromatic heterocycles. The number of hydrogen-bond acceptors (Lipinski definition) is 7. The Morgan fingerprint density at radius 2 is 2.00 bits per heavy atom. The molecule has 0 radical (unpaired) electrons. The van der Waals surface area contributed by atoms with Crippen molar-refractivity contribution in [3.05, 3.63) is 16.0 Å². The smallest absolute Gasteiger partial charge is 0.339 e. The van der Waals surface area contributed by atoms with Gasteiger partial charge in [0.25, 0.3) is 0 Å². The lowest BCUT2D eigenvalue weighted by molar-refractivity contribution is -0.178. The van der Waals surface area contributed by atoms with E-state index in [4.69, 9.17) is 19.9 Å². The van der Waals surface area contributed by atoms with Crippen LogP contribution < -0.4 is 10.6 Å². The number of carbonyl (C=O) groups excluding carboxylic acids is 1. The second-order valence-electron chi connectivity index (χ2n) is 7.34. The van der Waals surface area contributed by atoms with Crippen molar-refractivity contribution in [3.63, 3.8) is 0 Å². The van der Waals surface area contributed by atoms with E-state index in [0.717, 1.165) is 61.1 Å². The van der Waals surface area contributed by atoms with Crippen LogP contribution in [0.15, 0.2) is 0 Å². The quantitative estimate of drug-likeness (QED) is 0.713. The van der Waals surface area contributed by atoms with Crippen molar-refractivity contribution in [3.8, 4) is 0 Å². The summed E-state index contributed by atoms with van der Waals surface area (Å²) in [5, 5.41) is 1.19. The van der Waals surface area contributed by atoms with Gasteiger partial charge in [0, 0.05) is 30.3 Å². The summed E-state index contributed by atoms with van der Waals surface area (Å²) in [6, 6.07) is 0.443. The molecule has 1 aromatic rings. The van der Waals surface area contributed by atoms with Gasteiger partial charge in [0.2, 0.25) is 0 Å². The second-order valence-corrected chi connectivity index (χ2v) is 8.42. The predicted molar refractivity (Wildman–Crippen MR) is 108 cm³/mol. The molecule has 2 N–H and O–H groups in total. The predicted octanol–water partition coefficient (Wildman–Crippen LogP) is 3.25. The lowest BCUT2D eigenvalue weighted by atomic mass is 9.89. The van der Waals surface area contributed by atoms with Crippen LogP contribution in [0.3, 0.4) is 0 Å². The van der Waals surface area contributed by atoms with Gasteiger partial charge >= 0.3 is 5.97 Å². The van der Waals surface area contributed by atoms with Gasteiger partial charge in [0.15, 0.2) is 5.79 Å². The number of aryl methyl sites for hydroxylation is 1. The molecule has 1 aliphatic heterocycles. The molecule has 1 saturated carbocycles. The fraction of sp³-hybridized carbons (Fsp3) is 0.750. The summed E-state index contributed by atoms with van der Waals surface area (Å²) in [6.07, 6.45) is 5.63. The summed E-state index contributed by atoms with van der Waals surface area (Å²) < 4.78 is 16.8. The molecule has 3 rings (SSSR count). The zero-order valence-electron chi connectivity index (χ0n) is 16.7. The van der Waals surface area contributed by atoms with Gasteiger partial charge in [-0.1, -0.05) is 0 Å². The lowest BCUT2D eigenvalue weighted by Crippen LogP contribution is -2.44. The van der Waals surface area contributed by atoms with Crippen molar-refractivity contribution in [2.45, 2.75) is 64.2 Å². The van der Waals surface area contributed by atoms with Crippen molar-refractivity contribution in [2.24, 2.45) is 5.73 Å². The van der Waals surface area contributed by atoms with Crippen molar-refractivity contribution in [1.82, 2.24) is 0 Å². The van der Waals surface area contributed by atoms with E-state index in [-0.39, 0.29) is 11.8 Å². The summed E-state index contributed by atoms with van der Waals surface area (Å²) in [6.45, 7) is 7.18. The van der Waals surface area contributed by atoms with Gasteiger partial charge in [-0.15, -0.1) is 11.3 Å². The molecule has 2 heterocycles. The SMILES string of the molecule is CCN(c1sc(CCCN)c(C(=O)OC)c1C)C1CCC2(CC1)OCCO2. The molecule has 0 unspecified atom stereocenters. The van der Waals surface area contributed by atoms with E-state index < -0.39 is 0 Å². The molecule has 0 atom stereocenters. The zero-order valence-corrected chi connectivity index (χ0v) is 17.5. The number of rotatable bonds is 7. The van der Waals surface area contributed by atoms with E-state index >= 15 is 0 Å². The highest BCUT2D eigenvalue weighted by atomic mass is 32.1. The van der Waals surface area contributed by atoms with Gasteiger partial charge in [0.05, 0.1) is 30.9 Å². The van der Waals surface area contributed by atoms with Crippen LogP contribution in [0, 0.1) is 6.92 Å². The Kier molecular flexibility index (Phi) is 6.78. The fourth-order valence-corrected chi connectivity index (χ4v) is 5.82. The average Bonchev–Trinajstić information content (AvgIpc) is 3.27. The van der Waals surface area contributed by atoms with Crippen LogP contribution in [-0.4, -0.2) is 51.2 Å². The molecule has 27 heavy (non-hydrogen) atoms. The lowest BCUT2D eigenvalue weighted by Gasteiger charge is -2.41. The third-order valence-electron chi connectivity index (χ3n) is 5.76. The van der Waals surface area contributed by atoms with E-state index in [1.54, 1.807) is 11.3 Å². The fourth-order valence-electron chi connectivity index (χ4n) is 4.35. The third kappa shape index (κ3) is 4.16. The number of anilines is 1. The average molecular weight is 397 g/mol. The van der Waals surface area contributed by atoms with Crippen LogP contribution in [0.2, 0.25) is 0 Å². The van der Waals surface area contributed by atoms with Crippen molar-refractivity contribution in [2.75, 3.05) is 38.3 Å². The van der Waals surface area contributed by atoms with Crippen molar-refractivity contribution >= 4 is 22.3 Å². The van der Waals surface area contributed by atoms with Crippen LogP contribution >= 0.6 is 11.3 Å². The highest BCUT2D eigenvalue weighted by molar-refractivity contribution is 7.16. The van der Waals surface area contributed by atoms with E-state index in [0.29, 0.717) is 25.8 Å². The van der Waals surface area contributed by atoms with Gasteiger partial charge in [-0.3, -0.25) is 0 Å². The summed E-state index contributed by atoms with van der Waals surface area (Å²) >= 11 is 1.73. The Hall–Kier alpha value is -1.15. The number of nitrogens with zero attached hydrogens (tertiary/aromatic N) is 1. The second kappa shape index (κ2) is 8.90. The van der Waals surface area contributed by atoms with Gasteiger partial charge < -0.3 is 24.8 Å². The first-order chi connectivity index (χ1) is 13.0. The molecular weight excluding hydrogens is 364 g/mol. The molecule has 0 amide bonds. The normalized spacial score (nSPS) is 19.6. The molecule has 2 aliphatic rings. The molecule has 2 fully saturated rings. The van der Waals surface area contributed by atoms with E-state index in [1.807, 2.05) is 6.92 Å². The monoisotopic (exact) mass is 396 g/mol. The van der Waals surface area contributed by atoms with Crippen LogP contribution in [0.5, 0.6) is 0 Å². The minimum absolute atomic E-state index is 0.242. The standard InChI is InChI=1S/C20H32N2O4S/c1-4-22(15-7-9-20(10-8-15)25-12-13-26-20)18-14(2)17(19(23)24-3)16(27-18)6-5-11-21/h15H,4-13,21H2,1-3H3. The molecule has 152 valence electrons. The maximum atomic E-state index is 12.4. The van der Waals surface area contributed by atoms with E-state index in [9.17, 15) is 4.79 Å². The summed E-state index contributed by atoms with van der Waals surface area (Å²) in [7, 11) is 1.45. The number of esters is 1. The summed E-state index contributed by atoms with van der Waals surface area (Å²) in [5.41, 5.74) is 7.47. The zero-order chi connectivity index (χ0) is 19.4. The molecule has 1 spiro atoms. The van der Waals surface area contributed by atoms with Crippen LogP contribution in [0.1, 0.15) is 59.8 Å². The minimum atomic E-state index is -0.343. The van der Waals surface area contributed by atoms with Gasteiger partial charge in [-0.05, 0) is 51.6 Å². The van der Waals surface area contributed by atoms with Crippen molar-refractivity contribution in [1.29, 1.82) is 0 Å². The molecular formula is C20H32N2O4S. The first kappa shape index (κ1) is 20.6. The Morgan fingerprint density at radius 3 is 2.56 bits per heavy atom. The number of carbonyl (C=O) groups is 1. The number of nitrogens with two attached hydrogens (primary N) is 1. The largest absolute Gasteiger partial charge is 0.465 e. The van der Waals surface area contributed by atoms with Crippen LogP contribution in [-0.2, 0) is 20.6 Å². The first-order valence-corrected chi connectivity index (χ1v) is 10.8. The highest BCUT2D eigenvalue weighted by Crippen LogP contribution is 2.42.